The Labute approximate surface area is 181 Å². The molecule has 0 radical (unpaired) electrons. The lowest BCUT2D eigenvalue weighted by atomic mass is 10.1. The molecule has 0 bridgehead atoms. The van der Waals surface area contributed by atoms with Crippen LogP contribution in [0.2, 0.25) is 0 Å². The summed E-state index contributed by atoms with van der Waals surface area (Å²) in [5.41, 5.74) is 3.20. The van der Waals surface area contributed by atoms with Crippen molar-refractivity contribution in [2.24, 2.45) is 0 Å². The highest BCUT2D eigenvalue weighted by molar-refractivity contribution is 5.86. The van der Waals surface area contributed by atoms with Crippen LogP contribution in [0.15, 0.2) is 55.1 Å². The van der Waals surface area contributed by atoms with Crippen LogP contribution in [0.3, 0.4) is 0 Å². The van der Waals surface area contributed by atoms with Gasteiger partial charge >= 0.3 is 5.97 Å². The minimum atomic E-state index is -0.400. The molecule has 2 aromatic carbocycles. The molecule has 0 aliphatic carbocycles. The summed E-state index contributed by atoms with van der Waals surface area (Å²) >= 11 is 0. The van der Waals surface area contributed by atoms with Crippen LogP contribution in [-0.2, 0) is 16.1 Å². The van der Waals surface area contributed by atoms with Crippen molar-refractivity contribution in [3.8, 4) is 11.4 Å². The minimum Gasteiger partial charge on any atom is -0.424 e. The first-order valence-electron chi connectivity index (χ1n) is 10.1. The maximum Gasteiger partial charge on any atom is 0.308 e. The third-order valence-corrected chi connectivity index (χ3v) is 4.81. The van der Waals surface area contributed by atoms with E-state index in [1.807, 2.05) is 36.4 Å². The Balaban J connectivity index is 1.81. The van der Waals surface area contributed by atoms with Crippen molar-refractivity contribution in [3.05, 3.63) is 60.7 Å². The van der Waals surface area contributed by atoms with E-state index in [0.717, 1.165) is 40.6 Å². The number of amides is 1. The van der Waals surface area contributed by atoms with Gasteiger partial charge in [-0.25, -0.2) is 0 Å². The van der Waals surface area contributed by atoms with E-state index in [9.17, 15) is 9.59 Å². The number of ether oxygens (including phenoxy) is 1. The maximum absolute atomic E-state index is 11.6. The molecule has 3 aromatic rings. The first-order valence-corrected chi connectivity index (χ1v) is 10.1. The molecule has 1 heterocycles. The first-order chi connectivity index (χ1) is 14.8. The lowest BCUT2D eigenvalue weighted by molar-refractivity contribution is -0.903. The fraction of sp³-hybridized carbons (Fsp3) is 0.304. The summed E-state index contributed by atoms with van der Waals surface area (Å²) in [5, 5.41) is 11.9. The van der Waals surface area contributed by atoms with E-state index in [1.54, 1.807) is 6.07 Å². The van der Waals surface area contributed by atoms with Crippen molar-refractivity contribution in [1.29, 1.82) is 0 Å². The van der Waals surface area contributed by atoms with Crippen LogP contribution in [0.5, 0.6) is 5.75 Å². The van der Waals surface area contributed by atoms with Gasteiger partial charge in [-0.3, -0.25) is 9.59 Å². The van der Waals surface area contributed by atoms with Gasteiger partial charge in [-0.15, -0.1) is 15.0 Å². The van der Waals surface area contributed by atoms with Crippen LogP contribution in [-0.4, -0.2) is 58.5 Å². The van der Waals surface area contributed by atoms with Crippen molar-refractivity contribution >= 4 is 22.9 Å². The molecular formula is C23H28N5O3+. The molecule has 1 amide bonds. The number of carbonyl (C=O) groups is 2. The number of quaternary nitrogens is 1. The van der Waals surface area contributed by atoms with Gasteiger partial charge in [0.2, 0.25) is 5.91 Å². The largest absolute Gasteiger partial charge is 0.424 e. The maximum atomic E-state index is 11.6. The molecule has 0 aliphatic heterocycles. The van der Waals surface area contributed by atoms with Crippen LogP contribution in [0.1, 0.15) is 18.9 Å². The molecule has 0 saturated carbocycles. The van der Waals surface area contributed by atoms with E-state index in [4.69, 9.17) is 4.74 Å². The molecule has 8 nitrogen and oxygen atoms in total. The van der Waals surface area contributed by atoms with E-state index in [0.29, 0.717) is 18.0 Å². The molecule has 3 rings (SSSR count). The van der Waals surface area contributed by atoms with Gasteiger partial charge in [0, 0.05) is 25.5 Å². The molecule has 0 atom stereocenters. The van der Waals surface area contributed by atoms with E-state index in [-0.39, 0.29) is 5.91 Å². The molecule has 1 N–H and O–H groups in total. The Morgan fingerprint density at radius 1 is 1.16 bits per heavy atom. The molecule has 1 aromatic heterocycles. The summed E-state index contributed by atoms with van der Waals surface area (Å²) in [7, 11) is 4.27. The van der Waals surface area contributed by atoms with Gasteiger partial charge in [0.1, 0.15) is 23.3 Å². The zero-order chi connectivity index (χ0) is 22.4. The normalized spacial score (nSPS) is 11.3. The molecule has 0 aliphatic rings. The van der Waals surface area contributed by atoms with E-state index in [2.05, 4.69) is 36.2 Å². The first kappa shape index (κ1) is 22.2. The Morgan fingerprint density at radius 3 is 2.45 bits per heavy atom. The summed E-state index contributed by atoms with van der Waals surface area (Å²) < 4.78 is 6.13. The van der Waals surface area contributed by atoms with Gasteiger partial charge < -0.3 is 14.5 Å². The van der Waals surface area contributed by atoms with Crippen LogP contribution in [0.25, 0.3) is 16.7 Å². The molecule has 162 valence electrons. The molecule has 0 spiro atoms. The van der Waals surface area contributed by atoms with Crippen molar-refractivity contribution in [1.82, 2.24) is 20.3 Å². The Morgan fingerprint density at radius 2 is 1.84 bits per heavy atom. The summed E-state index contributed by atoms with van der Waals surface area (Å²) in [6.07, 6.45) is 2.12. The number of carbonyl (C=O) groups excluding carboxylic acids is 2. The zero-order valence-electron chi connectivity index (χ0n) is 18.2. The van der Waals surface area contributed by atoms with Gasteiger partial charge in [-0.1, -0.05) is 18.7 Å². The fourth-order valence-electron chi connectivity index (χ4n) is 3.39. The van der Waals surface area contributed by atoms with Crippen LogP contribution < -0.4 is 10.1 Å². The lowest BCUT2D eigenvalue weighted by Gasteiger charge is -2.30. The summed E-state index contributed by atoms with van der Waals surface area (Å²) in [5.74, 6) is -0.146. The number of aromatic nitrogens is 3. The van der Waals surface area contributed by atoms with Gasteiger partial charge in [0.15, 0.2) is 5.75 Å². The van der Waals surface area contributed by atoms with Crippen LogP contribution in [0, 0.1) is 0 Å². The second kappa shape index (κ2) is 9.53. The Kier molecular flexibility index (Phi) is 6.81. The van der Waals surface area contributed by atoms with Crippen molar-refractivity contribution in [3.63, 3.8) is 0 Å². The molecule has 0 saturated heterocycles. The zero-order valence-corrected chi connectivity index (χ0v) is 18.2. The van der Waals surface area contributed by atoms with Crippen LogP contribution in [0.4, 0.5) is 0 Å². The molecule has 8 heteroatoms. The molecule has 0 fully saturated rings. The average molecular weight is 423 g/mol. The molecule has 0 unspecified atom stereocenters. The number of fused-ring (bicyclic) bond motifs is 1. The Hall–Kier alpha value is -3.52. The van der Waals surface area contributed by atoms with Crippen molar-refractivity contribution in [2.45, 2.75) is 19.9 Å². The number of esters is 1. The predicted octanol–water partition coefficient (Wildman–Crippen LogP) is 2.61. The van der Waals surface area contributed by atoms with Gasteiger partial charge in [0.25, 0.3) is 0 Å². The van der Waals surface area contributed by atoms with Gasteiger partial charge in [-0.2, -0.15) is 0 Å². The van der Waals surface area contributed by atoms with E-state index in [1.165, 1.54) is 17.8 Å². The topological polar surface area (TPSA) is 86.1 Å². The third kappa shape index (κ3) is 5.99. The SMILES string of the molecule is C=CC(=O)NCCC[N+](C)(C)Cc1ccc(OC(C)=O)c(-n2nc3ccccc3n2)c1. The highest BCUT2D eigenvalue weighted by Crippen LogP contribution is 2.26. The van der Waals surface area contributed by atoms with E-state index >= 15 is 0 Å². The second-order valence-corrected chi connectivity index (χ2v) is 8.04. The number of hydrogen-bond donors (Lipinski definition) is 1. The molecule has 31 heavy (non-hydrogen) atoms. The smallest absolute Gasteiger partial charge is 0.308 e. The monoisotopic (exact) mass is 422 g/mol. The number of benzene rings is 2. The average Bonchev–Trinajstić information content (AvgIpc) is 3.15. The summed E-state index contributed by atoms with van der Waals surface area (Å²) in [6.45, 7) is 7.06. The third-order valence-electron chi connectivity index (χ3n) is 4.81. The quantitative estimate of drug-likeness (QED) is 0.188. The number of nitrogens with one attached hydrogen (secondary N) is 1. The van der Waals surface area contributed by atoms with Crippen molar-refractivity contribution in [2.75, 3.05) is 27.2 Å². The number of hydrogen-bond acceptors (Lipinski definition) is 5. The van der Waals surface area contributed by atoms with Crippen LogP contribution >= 0.6 is 0 Å². The van der Waals surface area contributed by atoms with E-state index < -0.39 is 5.97 Å². The van der Waals surface area contributed by atoms with Gasteiger partial charge in [0.05, 0.1) is 20.6 Å². The summed E-state index contributed by atoms with van der Waals surface area (Å²) in [4.78, 5) is 24.4. The fourth-order valence-corrected chi connectivity index (χ4v) is 3.39. The standard InChI is InChI=1S/C23H27N5O3/c1-5-23(30)24-13-8-14-28(3,4)16-18-11-12-22(31-17(2)29)21(15-18)27-25-19-9-6-7-10-20(19)26-27/h5-7,9-12,15H,1,8,13-14,16H2,2-4H3/p+1. The number of rotatable bonds is 9. The van der Waals surface area contributed by atoms with Crippen molar-refractivity contribution < 1.29 is 18.8 Å². The molecular weight excluding hydrogens is 394 g/mol. The predicted molar refractivity (Wildman–Crippen MR) is 119 cm³/mol. The highest BCUT2D eigenvalue weighted by atomic mass is 16.5. The minimum absolute atomic E-state index is 0.157. The second-order valence-electron chi connectivity index (χ2n) is 8.04. The van der Waals surface area contributed by atoms with Gasteiger partial charge in [-0.05, 0) is 36.4 Å². The lowest BCUT2D eigenvalue weighted by Crippen LogP contribution is -2.41. The summed E-state index contributed by atoms with van der Waals surface area (Å²) in [6, 6.07) is 13.3. The Bertz CT molecular complexity index is 1070. The highest BCUT2D eigenvalue weighted by Gasteiger charge is 2.19. The number of nitrogens with zero attached hydrogens (tertiary/aromatic N) is 4.